The summed E-state index contributed by atoms with van der Waals surface area (Å²) in [6.07, 6.45) is 0.554. The van der Waals surface area contributed by atoms with E-state index in [4.69, 9.17) is 0 Å². The predicted molar refractivity (Wildman–Crippen MR) is 95.8 cm³/mol. The number of hydrogen-bond donors (Lipinski definition) is 0. The number of piperazine rings is 1. The average Bonchev–Trinajstić information content (AvgIpc) is 2.97. The molecule has 0 aliphatic carbocycles. The van der Waals surface area contributed by atoms with Gasteiger partial charge in [0.2, 0.25) is 17.7 Å². The van der Waals surface area contributed by atoms with Gasteiger partial charge in [0.1, 0.15) is 5.82 Å². The van der Waals surface area contributed by atoms with Gasteiger partial charge in [0.25, 0.3) is 0 Å². The van der Waals surface area contributed by atoms with Crippen molar-refractivity contribution < 1.29 is 23.6 Å². The monoisotopic (exact) mass is 375 g/mol. The number of anilines is 1. The van der Waals surface area contributed by atoms with Crippen LogP contribution < -0.4 is 4.90 Å². The molecule has 1 aromatic carbocycles. The lowest BCUT2D eigenvalue weighted by molar-refractivity contribution is -0.139. The zero-order valence-corrected chi connectivity index (χ0v) is 15.2. The van der Waals surface area contributed by atoms with Crippen LogP contribution in [-0.2, 0) is 14.4 Å². The molecule has 2 heterocycles. The smallest absolute Gasteiger partial charge is 0.229 e. The van der Waals surface area contributed by atoms with E-state index in [2.05, 4.69) is 0 Å². The van der Waals surface area contributed by atoms with Crippen molar-refractivity contribution in [1.82, 2.24) is 9.80 Å². The Balaban J connectivity index is 1.52. The lowest BCUT2D eigenvalue weighted by Gasteiger charge is -2.36. The topological polar surface area (TPSA) is 78.0 Å². The Morgan fingerprint density at radius 1 is 1.04 bits per heavy atom. The van der Waals surface area contributed by atoms with E-state index >= 15 is 0 Å². The number of ketones is 1. The third-order valence-electron chi connectivity index (χ3n) is 5.03. The second kappa shape index (κ2) is 7.85. The molecular formula is C19H22FN3O4. The summed E-state index contributed by atoms with van der Waals surface area (Å²) in [6.45, 7) is 3.34. The minimum Gasteiger partial charge on any atom is -0.366 e. The highest BCUT2D eigenvalue weighted by Crippen LogP contribution is 2.22. The summed E-state index contributed by atoms with van der Waals surface area (Å²) in [4.78, 5) is 51.5. The zero-order chi connectivity index (χ0) is 19.6. The van der Waals surface area contributed by atoms with Gasteiger partial charge in [-0.2, -0.15) is 0 Å². The highest BCUT2D eigenvalue weighted by atomic mass is 19.1. The lowest BCUT2D eigenvalue weighted by Crippen LogP contribution is -2.49. The van der Waals surface area contributed by atoms with Crippen molar-refractivity contribution in [3.8, 4) is 0 Å². The molecule has 3 amide bonds. The fourth-order valence-corrected chi connectivity index (χ4v) is 3.42. The molecule has 0 spiro atoms. The molecule has 0 radical (unpaired) electrons. The normalized spacial score (nSPS) is 17.6. The zero-order valence-electron chi connectivity index (χ0n) is 15.2. The number of halogens is 1. The first kappa shape index (κ1) is 19.0. The third kappa shape index (κ3) is 4.15. The maximum absolute atomic E-state index is 14.3. The highest BCUT2D eigenvalue weighted by molar-refractivity contribution is 6.02. The average molecular weight is 375 g/mol. The van der Waals surface area contributed by atoms with Gasteiger partial charge in [-0.1, -0.05) is 0 Å². The molecule has 7 nitrogen and oxygen atoms in total. The summed E-state index contributed by atoms with van der Waals surface area (Å²) in [7, 11) is 0. The van der Waals surface area contributed by atoms with Crippen LogP contribution in [0.2, 0.25) is 0 Å². The minimum atomic E-state index is -0.450. The van der Waals surface area contributed by atoms with Crippen LogP contribution in [0.15, 0.2) is 18.2 Å². The number of amides is 3. The van der Waals surface area contributed by atoms with Crippen LogP contribution >= 0.6 is 0 Å². The summed E-state index contributed by atoms with van der Waals surface area (Å²) >= 11 is 0. The molecule has 2 aliphatic heterocycles. The number of Topliss-reactive ketones (excluding diaryl/α,β-unsaturated/α-hetero) is 1. The third-order valence-corrected chi connectivity index (χ3v) is 5.03. The number of carbonyl (C=O) groups excluding carboxylic acids is 4. The summed E-state index contributed by atoms with van der Waals surface area (Å²) in [5.41, 5.74) is 0.747. The molecule has 0 bridgehead atoms. The molecule has 27 heavy (non-hydrogen) atoms. The van der Waals surface area contributed by atoms with Crippen molar-refractivity contribution in [3.05, 3.63) is 29.6 Å². The van der Waals surface area contributed by atoms with Crippen LogP contribution in [0.25, 0.3) is 0 Å². The highest BCUT2D eigenvalue weighted by Gasteiger charge is 2.30. The van der Waals surface area contributed by atoms with E-state index in [1.54, 1.807) is 17.0 Å². The Bertz CT molecular complexity index is 771. The summed E-state index contributed by atoms with van der Waals surface area (Å²) in [5.74, 6) is -1.20. The molecular weight excluding hydrogens is 353 g/mol. The first-order valence-electron chi connectivity index (χ1n) is 9.03. The van der Waals surface area contributed by atoms with E-state index in [0.717, 1.165) is 4.90 Å². The Labute approximate surface area is 156 Å². The van der Waals surface area contributed by atoms with Crippen molar-refractivity contribution in [2.75, 3.05) is 37.6 Å². The standard InChI is InChI=1S/C19H22FN3O4/c1-13(24)14-2-3-16(15(20)12-14)21-8-10-22(11-9-21)17(25)6-7-23-18(26)4-5-19(23)27/h2-3,12H,4-11H2,1H3. The number of rotatable bonds is 5. The van der Waals surface area contributed by atoms with Gasteiger partial charge in [-0.3, -0.25) is 24.1 Å². The van der Waals surface area contributed by atoms with Crippen molar-refractivity contribution >= 4 is 29.2 Å². The fourth-order valence-electron chi connectivity index (χ4n) is 3.42. The van der Waals surface area contributed by atoms with Gasteiger partial charge in [-0.25, -0.2) is 4.39 Å². The van der Waals surface area contributed by atoms with Crippen molar-refractivity contribution in [2.24, 2.45) is 0 Å². The van der Waals surface area contributed by atoms with Crippen molar-refractivity contribution in [3.63, 3.8) is 0 Å². The molecule has 0 atom stereocenters. The predicted octanol–water partition coefficient (Wildman–Crippen LogP) is 1.22. The van der Waals surface area contributed by atoms with Gasteiger partial charge in [-0.05, 0) is 25.1 Å². The van der Waals surface area contributed by atoms with Gasteiger partial charge >= 0.3 is 0 Å². The maximum Gasteiger partial charge on any atom is 0.229 e. The molecule has 8 heteroatoms. The summed E-state index contributed by atoms with van der Waals surface area (Å²) in [5, 5.41) is 0. The van der Waals surface area contributed by atoms with Crippen LogP contribution in [0.3, 0.4) is 0 Å². The first-order chi connectivity index (χ1) is 12.9. The van der Waals surface area contributed by atoms with E-state index in [-0.39, 0.29) is 49.3 Å². The Hall–Kier alpha value is -2.77. The Kier molecular flexibility index (Phi) is 5.53. The van der Waals surface area contributed by atoms with Crippen molar-refractivity contribution in [2.45, 2.75) is 26.2 Å². The van der Waals surface area contributed by atoms with Crippen molar-refractivity contribution in [1.29, 1.82) is 0 Å². The second-order valence-corrected chi connectivity index (χ2v) is 6.78. The number of hydrogen-bond acceptors (Lipinski definition) is 5. The van der Waals surface area contributed by atoms with Gasteiger partial charge in [0.15, 0.2) is 5.78 Å². The number of benzene rings is 1. The molecule has 0 unspecified atom stereocenters. The van der Waals surface area contributed by atoms with E-state index < -0.39 is 5.82 Å². The van der Waals surface area contributed by atoms with Gasteiger partial charge in [0, 0.05) is 57.5 Å². The Morgan fingerprint density at radius 2 is 1.67 bits per heavy atom. The second-order valence-electron chi connectivity index (χ2n) is 6.78. The van der Waals surface area contributed by atoms with Gasteiger partial charge < -0.3 is 9.80 Å². The number of imide groups is 1. The van der Waals surface area contributed by atoms with Crippen LogP contribution in [0.1, 0.15) is 36.5 Å². The lowest BCUT2D eigenvalue weighted by atomic mass is 10.1. The van der Waals surface area contributed by atoms with E-state index in [9.17, 15) is 23.6 Å². The number of likely N-dealkylation sites (tertiary alicyclic amines) is 1. The molecule has 0 aromatic heterocycles. The quantitative estimate of drug-likeness (QED) is 0.571. The molecule has 0 saturated carbocycles. The molecule has 2 aliphatic rings. The number of nitrogens with zero attached hydrogens (tertiary/aromatic N) is 3. The van der Waals surface area contributed by atoms with Gasteiger partial charge in [-0.15, -0.1) is 0 Å². The van der Waals surface area contributed by atoms with E-state index in [0.29, 0.717) is 37.4 Å². The summed E-state index contributed by atoms with van der Waals surface area (Å²) < 4.78 is 14.3. The molecule has 2 saturated heterocycles. The maximum atomic E-state index is 14.3. The van der Waals surface area contributed by atoms with Crippen LogP contribution in [0.5, 0.6) is 0 Å². The summed E-state index contributed by atoms with van der Waals surface area (Å²) in [6, 6.07) is 4.43. The molecule has 144 valence electrons. The largest absolute Gasteiger partial charge is 0.366 e. The Morgan fingerprint density at radius 3 is 2.22 bits per heavy atom. The van der Waals surface area contributed by atoms with E-state index in [1.165, 1.54) is 13.0 Å². The number of carbonyl (C=O) groups is 4. The molecule has 0 N–H and O–H groups in total. The molecule has 2 fully saturated rings. The van der Waals surface area contributed by atoms with Crippen LogP contribution in [0.4, 0.5) is 10.1 Å². The molecule has 1 aromatic rings. The van der Waals surface area contributed by atoms with Crippen LogP contribution in [0, 0.1) is 5.82 Å². The van der Waals surface area contributed by atoms with Crippen LogP contribution in [-0.4, -0.2) is 66.0 Å². The SMILES string of the molecule is CC(=O)c1ccc(N2CCN(C(=O)CCN3C(=O)CCC3=O)CC2)c(F)c1. The minimum absolute atomic E-state index is 0.110. The first-order valence-corrected chi connectivity index (χ1v) is 9.03. The fraction of sp³-hybridized carbons (Fsp3) is 0.474. The van der Waals surface area contributed by atoms with Gasteiger partial charge in [0.05, 0.1) is 5.69 Å². The van der Waals surface area contributed by atoms with E-state index in [1.807, 2.05) is 4.90 Å². The molecule has 3 rings (SSSR count).